The maximum Gasteiger partial charge on any atom is 0.248 e. The average Bonchev–Trinajstić information content (AvgIpc) is 1.88. The number of hydrogen-bond donors (Lipinski definition) is 1. The zero-order chi connectivity index (χ0) is 7.61. The van der Waals surface area contributed by atoms with Gasteiger partial charge in [0.1, 0.15) is 0 Å². The van der Waals surface area contributed by atoms with Gasteiger partial charge in [0.25, 0.3) is 0 Å². The molecule has 1 fully saturated rings. The Bertz CT molecular complexity index is 108. The molecule has 0 spiro atoms. The van der Waals surface area contributed by atoms with Crippen LogP contribution in [0.5, 0.6) is 0 Å². The Morgan fingerprint density at radius 3 is 2.20 bits per heavy atom. The highest BCUT2D eigenvalue weighted by Crippen LogP contribution is 2.31. The summed E-state index contributed by atoms with van der Waals surface area (Å²) < 4.78 is 24.8. The molecule has 2 nitrogen and oxygen atoms in total. The first kappa shape index (κ1) is 7.88. The van der Waals surface area contributed by atoms with Crippen LogP contribution < -0.4 is 5.48 Å². The third kappa shape index (κ3) is 1.88. The van der Waals surface area contributed by atoms with Crippen molar-refractivity contribution in [3.8, 4) is 0 Å². The van der Waals surface area contributed by atoms with E-state index in [9.17, 15) is 14.0 Å². The third-order valence-electron chi connectivity index (χ3n) is 1.95. The van der Waals surface area contributed by atoms with E-state index in [0.29, 0.717) is 12.8 Å². The number of nitrogens with two attached hydrogens (primary N) is 1. The lowest BCUT2D eigenvalue weighted by molar-refractivity contribution is -0.632. The summed E-state index contributed by atoms with van der Waals surface area (Å²) in [6, 6.07) is -0.111. The van der Waals surface area contributed by atoms with Gasteiger partial charge >= 0.3 is 0 Å². The largest absolute Gasteiger partial charge is 0.636 e. The lowest BCUT2D eigenvalue weighted by Gasteiger charge is -2.27. The van der Waals surface area contributed by atoms with E-state index < -0.39 is 5.92 Å². The molecule has 0 aromatic rings. The maximum atomic E-state index is 12.4. The fourth-order valence-corrected chi connectivity index (χ4v) is 1.20. The van der Waals surface area contributed by atoms with Crippen LogP contribution in [0.2, 0.25) is 0 Å². The van der Waals surface area contributed by atoms with Crippen molar-refractivity contribution in [1.82, 2.24) is 0 Å². The van der Waals surface area contributed by atoms with Gasteiger partial charge in [-0.2, -0.15) is 0 Å². The topological polar surface area (TPSA) is 39.7 Å². The SMILES string of the molecule is [O-][NH2+]C1CCC(F)(F)CC1. The van der Waals surface area contributed by atoms with Crippen LogP contribution in [0.1, 0.15) is 25.7 Å². The van der Waals surface area contributed by atoms with Crippen molar-refractivity contribution in [3.63, 3.8) is 0 Å². The molecular weight excluding hydrogens is 140 g/mol. The van der Waals surface area contributed by atoms with Crippen molar-refractivity contribution in [1.29, 1.82) is 0 Å². The molecule has 2 N–H and O–H groups in total. The number of hydrogen-bond acceptors (Lipinski definition) is 1. The molecule has 0 aromatic carbocycles. The van der Waals surface area contributed by atoms with Crippen molar-refractivity contribution >= 4 is 0 Å². The van der Waals surface area contributed by atoms with E-state index >= 15 is 0 Å². The Balaban J connectivity index is 2.31. The quantitative estimate of drug-likeness (QED) is 0.548. The number of halogens is 2. The Labute approximate surface area is 58.2 Å². The first-order valence-corrected chi connectivity index (χ1v) is 3.47. The zero-order valence-corrected chi connectivity index (χ0v) is 5.65. The van der Waals surface area contributed by atoms with Crippen LogP contribution >= 0.6 is 0 Å². The second-order valence-corrected chi connectivity index (χ2v) is 2.83. The lowest BCUT2D eigenvalue weighted by Crippen LogP contribution is -2.84. The Morgan fingerprint density at radius 2 is 1.80 bits per heavy atom. The lowest BCUT2D eigenvalue weighted by atomic mass is 9.93. The van der Waals surface area contributed by atoms with E-state index in [1.165, 1.54) is 0 Å². The minimum Gasteiger partial charge on any atom is -0.636 e. The van der Waals surface area contributed by atoms with Gasteiger partial charge in [0.15, 0.2) is 0 Å². The van der Waals surface area contributed by atoms with E-state index in [0.717, 1.165) is 5.48 Å². The van der Waals surface area contributed by atoms with E-state index in [-0.39, 0.29) is 18.9 Å². The monoisotopic (exact) mass is 151 g/mol. The highest BCUT2D eigenvalue weighted by molar-refractivity contribution is 4.76. The van der Waals surface area contributed by atoms with Gasteiger partial charge in [-0.3, -0.25) is 0 Å². The van der Waals surface area contributed by atoms with Gasteiger partial charge in [0.2, 0.25) is 5.92 Å². The van der Waals surface area contributed by atoms with Gasteiger partial charge in [0.05, 0.1) is 6.04 Å². The van der Waals surface area contributed by atoms with Crippen molar-refractivity contribution in [3.05, 3.63) is 5.21 Å². The molecule has 0 amide bonds. The van der Waals surface area contributed by atoms with Gasteiger partial charge in [-0.15, -0.1) is 0 Å². The predicted molar refractivity (Wildman–Crippen MR) is 32.5 cm³/mol. The Kier molecular flexibility index (Phi) is 2.21. The Hall–Kier alpha value is -0.220. The highest BCUT2D eigenvalue weighted by atomic mass is 19.3. The molecule has 0 atom stereocenters. The first-order valence-electron chi connectivity index (χ1n) is 3.47. The Morgan fingerprint density at radius 1 is 1.30 bits per heavy atom. The van der Waals surface area contributed by atoms with Crippen LogP contribution in [-0.4, -0.2) is 12.0 Å². The molecule has 0 unspecified atom stereocenters. The van der Waals surface area contributed by atoms with Gasteiger partial charge in [-0.25, -0.2) is 8.78 Å². The van der Waals surface area contributed by atoms with Crippen molar-refractivity contribution in [2.45, 2.75) is 37.6 Å². The summed E-state index contributed by atoms with van der Waals surface area (Å²) in [7, 11) is 0. The summed E-state index contributed by atoms with van der Waals surface area (Å²) in [6.45, 7) is 0. The van der Waals surface area contributed by atoms with E-state index in [1.54, 1.807) is 0 Å². The van der Waals surface area contributed by atoms with Crippen LogP contribution in [0.4, 0.5) is 8.78 Å². The maximum absolute atomic E-state index is 12.4. The number of hydroxylamine groups is 1. The number of rotatable bonds is 1. The standard InChI is InChI=1S/C6H11F2NO/c7-6(8)3-1-5(9-10)2-4-6/h5H,1-4,9H2. The van der Waals surface area contributed by atoms with Crippen molar-refractivity contribution in [2.75, 3.05) is 0 Å². The minimum absolute atomic E-state index is 0.111. The summed E-state index contributed by atoms with van der Waals surface area (Å²) in [5.41, 5.74) is 0.787. The molecule has 1 aliphatic carbocycles. The van der Waals surface area contributed by atoms with Crippen molar-refractivity contribution in [2.24, 2.45) is 0 Å². The molecule has 0 radical (unpaired) electrons. The van der Waals surface area contributed by atoms with Crippen LogP contribution in [0.25, 0.3) is 0 Å². The second kappa shape index (κ2) is 2.80. The second-order valence-electron chi connectivity index (χ2n) is 2.83. The molecule has 60 valence electrons. The van der Waals surface area contributed by atoms with Crippen LogP contribution in [0.3, 0.4) is 0 Å². The number of quaternary nitrogens is 1. The zero-order valence-electron chi connectivity index (χ0n) is 5.65. The van der Waals surface area contributed by atoms with E-state index in [2.05, 4.69) is 0 Å². The summed E-state index contributed by atoms with van der Waals surface area (Å²) in [4.78, 5) is 0. The molecule has 0 saturated heterocycles. The molecule has 1 aliphatic rings. The molecule has 0 heterocycles. The molecule has 0 aliphatic heterocycles. The van der Waals surface area contributed by atoms with Crippen LogP contribution in [0, 0.1) is 5.21 Å². The molecule has 1 rings (SSSR count). The summed E-state index contributed by atoms with van der Waals surface area (Å²) in [5.74, 6) is -2.50. The summed E-state index contributed by atoms with van der Waals surface area (Å²) in [5, 5.41) is 10.1. The molecule has 10 heavy (non-hydrogen) atoms. The van der Waals surface area contributed by atoms with E-state index in [1.807, 2.05) is 0 Å². The predicted octanol–water partition coefficient (Wildman–Crippen LogP) is 0.625. The summed E-state index contributed by atoms with van der Waals surface area (Å²) >= 11 is 0. The minimum atomic E-state index is -2.50. The average molecular weight is 151 g/mol. The third-order valence-corrected chi connectivity index (χ3v) is 1.95. The van der Waals surface area contributed by atoms with Gasteiger partial charge in [-0.1, -0.05) is 0 Å². The van der Waals surface area contributed by atoms with E-state index in [4.69, 9.17) is 0 Å². The van der Waals surface area contributed by atoms with Crippen LogP contribution in [-0.2, 0) is 0 Å². The molecule has 0 bridgehead atoms. The number of alkyl halides is 2. The highest BCUT2D eigenvalue weighted by Gasteiger charge is 2.35. The molecular formula is C6H11F2NO. The van der Waals surface area contributed by atoms with Gasteiger partial charge in [-0.05, 0) is 0 Å². The molecule has 1 saturated carbocycles. The fourth-order valence-electron chi connectivity index (χ4n) is 1.20. The van der Waals surface area contributed by atoms with Gasteiger partial charge in [0, 0.05) is 25.7 Å². The first-order chi connectivity index (χ1) is 4.64. The molecule has 4 heteroatoms. The van der Waals surface area contributed by atoms with Crippen molar-refractivity contribution < 1.29 is 14.3 Å². The van der Waals surface area contributed by atoms with Crippen LogP contribution in [0.15, 0.2) is 0 Å². The van der Waals surface area contributed by atoms with Gasteiger partial charge < -0.3 is 10.7 Å². The normalized spacial score (nSPS) is 26.7. The fraction of sp³-hybridized carbons (Fsp3) is 1.00. The molecule has 0 aromatic heterocycles. The summed E-state index contributed by atoms with van der Waals surface area (Å²) in [6.07, 6.45) is 0.486. The smallest absolute Gasteiger partial charge is 0.248 e.